The molecule has 0 saturated heterocycles. The Morgan fingerprint density at radius 2 is 2.17 bits per heavy atom. The SMILES string of the molecule is CCCCCc1[c]cccc1C. The number of unbranched alkanes of at least 4 members (excludes halogenated alkanes) is 2. The third-order valence-electron chi connectivity index (χ3n) is 2.21. The molecule has 0 heteroatoms. The Bertz CT molecular complexity index is 225. The molecule has 0 aliphatic carbocycles. The van der Waals surface area contributed by atoms with Gasteiger partial charge in [0.15, 0.2) is 0 Å². The van der Waals surface area contributed by atoms with E-state index >= 15 is 0 Å². The van der Waals surface area contributed by atoms with E-state index in [0.717, 1.165) is 0 Å². The molecular formula is C12H17. The van der Waals surface area contributed by atoms with Gasteiger partial charge in [0.05, 0.1) is 0 Å². The monoisotopic (exact) mass is 161 g/mol. The number of aryl methyl sites for hydroxylation is 2. The Balaban J connectivity index is 2.46. The standard InChI is InChI=1S/C12H17/c1-3-4-5-9-12-10-7-6-8-11(12)2/h6-8H,3-5,9H2,1-2H3. The van der Waals surface area contributed by atoms with Crippen molar-refractivity contribution in [3.05, 3.63) is 35.4 Å². The summed E-state index contributed by atoms with van der Waals surface area (Å²) in [6, 6.07) is 9.52. The second-order valence-corrected chi connectivity index (χ2v) is 3.29. The van der Waals surface area contributed by atoms with Crippen LogP contribution in [-0.2, 0) is 6.42 Å². The average Bonchev–Trinajstić information content (AvgIpc) is 2.09. The molecule has 0 fully saturated rings. The minimum Gasteiger partial charge on any atom is -0.0654 e. The first kappa shape index (κ1) is 9.31. The first-order valence-electron chi connectivity index (χ1n) is 4.80. The van der Waals surface area contributed by atoms with Crippen LogP contribution in [0.2, 0.25) is 0 Å². The molecule has 0 atom stereocenters. The maximum atomic E-state index is 3.30. The molecule has 12 heavy (non-hydrogen) atoms. The molecule has 1 radical (unpaired) electrons. The summed E-state index contributed by atoms with van der Waals surface area (Å²) in [4.78, 5) is 0. The molecule has 0 heterocycles. The van der Waals surface area contributed by atoms with Crippen LogP contribution in [0.3, 0.4) is 0 Å². The van der Waals surface area contributed by atoms with Crippen LogP contribution in [0.15, 0.2) is 18.2 Å². The number of hydrogen-bond donors (Lipinski definition) is 0. The molecule has 0 spiro atoms. The highest BCUT2D eigenvalue weighted by Crippen LogP contribution is 2.10. The Hall–Kier alpha value is -0.780. The van der Waals surface area contributed by atoms with E-state index in [9.17, 15) is 0 Å². The minimum absolute atomic E-state index is 1.19. The Kier molecular flexibility index (Phi) is 3.86. The second-order valence-electron chi connectivity index (χ2n) is 3.29. The van der Waals surface area contributed by atoms with Crippen LogP contribution in [0.4, 0.5) is 0 Å². The number of benzene rings is 1. The lowest BCUT2D eigenvalue weighted by atomic mass is 10.0. The first-order valence-corrected chi connectivity index (χ1v) is 4.80. The van der Waals surface area contributed by atoms with Gasteiger partial charge in [-0.3, -0.25) is 0 Å². The average molecular weight is 161 g/mol. The van der Waals surface area contributed by atoms with E-state index < -0.39 is 0 Å². The molecule has 0 bridgehead atoms. The van der Waals surface area contributed by atoms with E-state index in [0.29, 0.717) is 0 Å². The van der Waals surface area contributed by atoms with E-state index in [1.807, 2.05) is 6.07 Å². The molecule has 65 valence electrons. The fraction of sp³-hybridized carbons (Fsp3) is 0.500. The topological polar surface area (TPSA) is 0 Å². The molecule has 1 rings (SSSR count). The van der Waals surface area contributed by atoms with Crippen LogP contribution < -0.4 is 0 Å². The highest BCUT2D eigenvalue weighted by Gasteiger charge is 1.95. The van der Waals surface area contributed by atoms with Gasteiger partial charge in [-0.15, -0.1) is 0 Å². The Labute approximate surface area is 75.6 Å². The smallest absolute Gasteiger partial charge is 0.0146 e. The first-order chi connectivity index (χ1) is 5.84. The molecular weight excluding hydrogens is 144 g/mol. The zero-order valence-electron chi connectivity index (χ0n) is 8.06. The summed E-state index contributed by atoms with van der Waals surface area (Å²) in [6.07, 6.45) is 5.13. The van der Waals surface area contributed by atoms with Gasteiger partial charge in [-0.05, 0) is 37.0 Å². The van der Waals surface area contributed by atoms with Crippen LogP contribution in [-0.4, -0.2) is 0 Å². The molecule has 1 aromatic carbocycles. The second kappa shape index (κ2) is 4.97. The molecule has 0 unspecified atom stereocenters. The molecule has 0 saturated carbocycles. The minimum atomic E-state index is 1.19. The van der Waals surface area contributed by atoms with E-state index in [-0.39, 0.29) is 0 Å². The van der Waals surface area contributed by atoms with Gasteiger partial charge in [0, 0.05) is 0 Å². The van der Waals surface area contributed by atoms with E-state index in [1.165, 1.54) is 36.8 Å². The highest BCUT2D eigenvalue weighted by atomic mass is 14.0. The van der Waals surface area contributed by atoms with Crippen molar-refractivity contribution in [2.45, 2.75) is 39.5 Å². The van der Waals surface area contributed by atoms with Crippen LogP contribution in [0.5, 0.6) is 0 Å². The van der Waals surface area contributed by atoms with Gasteiger partial charge < -0.3 is 0 Å². The quantitative estimate of drug-likeness (QED) is 0.593. The van der Waals surface area contributed by atoms with Crippen LogP contribution in [0.1, 0.15) is 37.3 Å². The third kappa shape index (κ3) is 2.69. The molecule has 1 aromatic rings. The zero-order chi connectivity index (χ0) is 8.81. The summed E-state index contributed by atoms with van der Waals surface area (Å²) in [5.74, 6) is 0. The van der Waals surface area contributed by atoms with Crippen LogP contribution in [0.25, 0.3) is 0 Å². The zero-order valence-corrected chi connectivity index (χ0v) is 8.06. The maximum Gasteiger partial charge on any atom is -0.0146 e. The summed E-state index contributed by atoms with van der Waals surface area (Å²) >= 11 is 0. The van der Waals surface area contributed by atoms with Gasteiger partial charge in [-0.1, -0.05) is 38.0 Å². The van der Waals surface area contributed by atoms with Gasteiger partial charge in [0.25, 0.3) is 0 Å². The molecule has 0 aliphatic heterocycles. The summed E-state index contributed by atoms with van der Waals surface area (Å²) in [7, 11) is 0. The lowest BCUT2D eigenvalue weighted by molar-refractivity contribution is 0.715. The fourth-order valence-corrected chi connectivity index (χ4v) is 1.38. The Morgan fingerprint density at radius 1 is 1.33 bits per heavy atom. The van der Waals surface area contributed by atoms with Crippen molar-refractivity contribution in [2.75, 3.05) is 0 Å². The van der Waals surface area contributed by atoms with Gasteiger partial charge >= 0.3 is 0 Å². The highest BCUT2D eigenvalue weighted by molar-refractivity contribution is 5.24. The maximum absolute atomic E-state index is 3.30. The lowest BCUT2D eigenvalue weighted by Crippen LogP contribution is -1.89. The van der Waals surface area contributed by atoms with Crippen molar-refractivity contribution >= 4 is 0 Å². The predicted octanol–water partition coefficient (Wildman–Crippen LogP) is 3.53. The fourth-order valence-electron chi connectivity index (χ4n) is 1.38. The largest absolute Gasteiger partial charge is 0.0654 e. The van der Waals surface area contributed by atoms with Gasteiger partial charge in [-0.2, -0.15) is 0 Å². The van der Waals surface area contributed by atoms with Crippen molar-refractivity contribution in [2.24, 2.45) is 0 Å². The molecule has 0 N–H and O–H groups in total. The normalized spacial score (nSPS) is 10.2. The summed E-state index contributed by atoms with van der Waals surface area (Å²) in [5.41, 5.74) is 2.78. The van der Waals surface area contributed by atoms with Crippen molar-refractivity contribution in [1.82, 2.24) is 0 Å². The summed E-state index contributed by atoms with van der Waals surface area (Å²) in [5, 5.41) is 0. The van der Waals surface area contributed by atoms with Crippen LogP contribution >= 0.6 is 0 Å². The summed E-state index contributed by atoms with van der Waals surface area (Å²) < 4.78 is 0. The van der Waals surface area contributed by atoms with Gasteiger partial charge in [-0.25, -0.2) is 0 Å². The third-order valence-corrected chi connectivity index (χ3v) is 2.21. The van der Waals surface area contributed by atoms with Crippen molar-refractivity contribution in [3.8, 4) is 0 Å². The van der Waals surface area contributed by atoms with Gasteiger partial charge in [0.2, 0.25) is 0 Å². The van der Waals surface area contributed by atoms with E-state index in [1.54, 1.807) is 0 Å². The summed E-state index contributed by atoms with van der Waals surface area (Å²) in [6.45, 7) is 4.40. The number of rotatable bonds is 4. The van der Waals surface area contributed by atoms with Gasteiger partial charge in [0.1, 0.15) is 0 Å². The number of hydrogen-bond acceptors (Lipinski definition) is 0. The van der Waals surface area contributed by atoms with Crippen LogP contribution in [0, 0.1) is 13.0 Å². The lowest BCUT2D eigenvalue weighted by Gasteiger charge is -2.03. The molecule has 0 nitrogen and oxygen atoms in total. The predicted molar refractivity (Wildman–Crippen MR) is 53.2 cm³/mol. The van der Waals surface area contributed by atoms with Crippen molar-refractivity contribution in [3.63, 3.8) is 0 Å². The molecule has 0 aromatic heterocycles. The van der Waals surface area contributed by atoms with Crippen molar-refractivity contribution < 1.29 is 0 Å². The molecule has 0 amide bonds. The molecule has 0 aliphatic rings. The Morgan fingerprint density at radius 3 is 2.83 bits per heavy atom. The van der Waals surface area contributed by atoms with Crippen molar-refractivity contribution in [1.29, 1.82) is 0 Å². The van der Waals surface area contributed by atoms with E-state index in [2.05, 4.69) is 32.0 Å². The van der Waals surface area contributed by atoms with E-state index in [4.69, 9.17) is 0 Å².